The number of likely N-dealkylation sites (N-methyl/N-ethyl adjacent to an activating group) is 1. The average Bonchev–Trinajstić information content (AvgIpc) is 2.78. The smallest absolute Gasteiger partial charge is 0.356 e. The van der Waals surface area contributed by atoms with Crippen LogP contribution in [-0.4, -0.2) is 67.1 Å². The number of aromatic nitrogens is 1. The molecule has 2 heterocycles. The van der Waals surface area contributed by atoms with E-state index in [1.807, 2.05) is 23.9 Å². The summed E-state index contributed by atoms with van der Waals surface area (Å²) < 4.78 is 51.4. The van der Waals surface area contributed by atoms with Crippen LogP contribution in [0.3, 0.4) is 0 Å². The number of amides is 2. The zero-order valence-electron chi connectivity index (χ0n) is 18.8. The number of nitrogens with one attached hydrogen (secondary N) is 1. The topological polar surface area (TPSA) is 51.7 Å². The average molecular weight is 468 g/mol. The molecular weight excluding hydrogens is 438 g/mol. The van der Waals surface area contributed by atoms with Crippen molar-refractivity contribution in [3.8, 4) is 0 Å². The second kappa shape index (κ2) is 10.8. The monoisotopic (exact) mass is 467 g/mol. The van der Waals surface area contributed by atoms with Crippen LogP contribution in [0.15, 0.2) is 42.6 Å². The van der Waals surface area contributed by atoms with E-state index in [4.69, 9.17) is 0 Å². The minimum atomic E-state index is -4.41. The predicted molar refractivity (Wildman–Crippen MR) is 118 cm³/mol. The van der Waals surface area contributed by atoms with Gasteiger partial charge in [-0.05, 0) is 56.8 Å². The minimum absolute atomic E-state index is 0.0433. The van der Waals surface area contributed by atoms with Crippen molar-refractivity contribution >= 4 is 11.8 Å². The van der Waals surface area contributed by atoms with Gasteiger partial charge in [0.05, 0.1) is 5.56 Å². The highest BCUT2D eigenvalue weighted by Gasteiger charge is 2.31. The maximum absolute atomic E-state index is 13.2. The highest BCUT2D eigenvalue weighted by molar-refractivity contribution is 5.74. The summed E-state index contributed by atoms with van der Waals surface area (Å²) in [5.41, 5.74) is 0.0703. The molecule has 0 aliphatic carbocycles. The Labute approximate surface area is 191 Å². The highest BCUT2D eigenvalue weighted by atomic mass is 19.4. The molecule has 0 saturated carbocycles. The van der Waals surface area contributed by atoms with Crippen molar-refractivity contribution in [2.24, 2.45) is 0 Å². The van der Waals surface area contributed by atoms with Crippen molar-refractivity contribution in [2.45, 2.75) is 31.6 Å². The molecule has 1 aliphatic rings. The summed E-state index contributed by atoms with van der Waals surface area (Å²) in [4.78, 5) is 22.5. The van der Waals surface area contributed by atoms with Gasteiger partial charge in [-0.15, -0.1) is 0 Å². The van der Waals surface area contributed by atoms with E-state index < -0.39 is 11.7 Å². The number of urea groups is 1. The molecule has 1 fully saturated rings. The second-order valence-corrected chi connectivity index (χ2v) is 8.46. The van der Waals surface area contributed by atoms with Crippen LogP contribution in [0.25, 0.3) is 0 Å². The van der Waals surface area contributed by atoms with Crippen LogP contribution in [0.2, 0.25) is 0 Å². The molecule has 2 amide bonds. The Morgan fingerprint density at radius 2 is 1.76 bits per heavy atom. The number of halogens is 4. The van der Waals surface area contributed by atoms with Gasteiger partial charge in [0.2, 0.25) is 0 Å². The van der Waals surface area contributed by atoms with Gasteiger partial charge in [0.15, 0.2) is 0 Å². The van der Waals surface area contributed by atoms with Crippen LogP contribution in [0.1, 0.15) is 24.0 Å². The summed E-state index contributed by atoms with van der Waals surface area (Å²) in [5.74, 6) is 0.175. The minimum Gasteiger partial charge on any atom is -0.356 e. The zero-order chi connectivity index (χ0) is 24.0. The standard InChI is InChI=1S/C23H29F4N5O/c1-30(2)13-14-32(16-17-3-6-19(24)7-4-17)22(33)29-20-9-11-31(12-10-20)21-8-5-18(15-28-21)23(25,26)27/h3-8,15,20H,9-14,16H2,1-2H3,(H,29,33). The molecule has 0 spiro atoms. The molecule has 180 valence electrons. The second-order valence-electron chi connectivity index (χ2n) is 8.46. The maximum atomic E-state index is 13.2. The lowest BCUT2D eigenvalue weighted by Gasteiger charge is -2.34. The first-order valence-electron chi connectivity index (χ1n) is 10.8. The summed E-state index contributed by atoms with van der Waals surface area (Å²) >= 11 is 0. The van der Waals surface area contributed by atoms with Gasteiger partial charge in [-0.3, -0.25) is 0 Å². The fourth-order valence-electron chi connectivity index (χ4n) is 3.64. The normalized spacial score (nSPS) is 15.1. The van der Waals surface area contributed by atoms with Gasteiger partial charge < -0.3 is 20.0 Å². The van der Waals surface area contributed by atoms with Gasteiger partial charge in [-0.25, -0.2) is 14.2 Å². The Kier molecular flexibility index (Phi) is 8.12. The molecule has 2 aromatic rings. The number of nitrogens with zero attached hydrogens (tertiary/aromatic N) is 4. The summed E-state index contributed by atoms with van der Waals surface area (Å²) in [6.45, 7) is 2.74. The van der Waals surface area contributed by atoms with Crippen molar-refractivity contribution in [2.75, 3.05) is 45.2 Å². The number of piperidine rings is 1. The Morgan fingerprint density at radius 1 is 1.09 bits per heavy atom. The number of pyridine rings is 1. The molecule has 0 atom stereocenters. The number of hydrogen-bond acceptors (Lipinski definition) is 4. The summed E-state index contributed by atoms with van der Waals surface area (Å²) in [5, 5.41) is 3.07. The van der Waals surface area contributed by atoms with Gasteiger partial charge in [0.25, 0.3) is 0 Å². The van der Waals surface area contributed by atoms with Gasteiger partial charge >= 0.3 is 12.2 Å². The number of rotatable bonds is 7. The van der Waals surface area contributed by atoms with Crippen molar-refractivity contribution in [3.05, 3.63) is 59.5 Å². The van der Waals surface area contributed by atoms with Gasteiger partial charge in [-0.2, -0.15) is 13.2 Å². The van der Waals surface area contributed by atoms with Crippen LogP contribution in [0, 0.1) is 5.82 Å². The van der Waals surface area contributed by atoms with Crippen molar-refractivity contribution in [1.82, 2.24) is 20.1 Å². The third kappa shape index (κ3) is 7.31. The van der Waals surface area contributed by atoms with Gasteiger partial charge in [-0.1, -0.05) is 12.1 Å². The number of alkyl halides is 3. The van der Waals surface area contributed by atoms with E-state index in [1.54, 1.807) is 17.0 Å². The molecule has 10 heteroatoms. The van der Waals surface area contributed by atoms with Crippen molar-refractivity contribution < 1.29 is 22.4 Å². The Balaban J connectivity index is 1.55. The number of benzene rings is 1. The van der Waals surface area contributed by atoms with E-state index in [0.29, 0.717) is 51.4 Å². The summed E-state index contributed by atoms with van der Waals surface area (Å²) in [7, 11) is 3.86. The van der Waals surface area contributed by atoms with E-state index in [-0.39, 0.29) is 17.9 Å². The maximum Gasteiger partial charge on any atom is 0.417 e. The molecule has 0 bridgehead atoms. The summed E-state index contributed by atoms with van der Waals surface area (Å²) in [6, 6.07) is 8.28. The molecule has 33 heavy (non-hydrogen) atoms. The van der Waals surface area contributed by atoms with Crippen molar-refractivity contribution in [1.29, 1.82) is 0 Å². The quantitative estimate of drug-likeness (QED) is 0.626. The zero-order valence-corrected chi connectivity index (χ0v) is 18.8. The number of carbonyl (C=O) groups excluding carboxylic acids is 1. The molecule has 0 radical (unpaired) electrons. The molecule has 6 nitrogen and oxygen atoms in total. The number of carbonyl (C=O) groups is 1. The first kappa shape index (κ1) is 24.8. The van der Waals surface area contributed by atoms with E-state index in [9.17, 15) is 22.4 Å². The van der Waals surface area contributed by atoms with Gasteiger partial charge in [0, 0.05) is 45.0 Å². The molecular formula is C23H29F4N5O. The largest absolute Gasteiger partial charge is 0.417 e. The molecule has 3 rings (SSSR count). The third-order valence-electron chi connectivity index (χ3n) is 5.61. The van der Waals surface area contributed by atoms with Crippen LogP contribution in [0.5, 0.6) is 0 Å². The SMILES string of the molecule is CN(C)CCN(Cc1ccc(F)cc1)C(=O)NC1CCN(c2ccc(C(F)(F)F)cn2)CC1. The highest BCUT2D eigenvalue weighted by Crippen LogP contribution is 2.29. The Bertz CT molecular complexity index is 895. The lowest BCUT2D eigenvalue weighted by molar-refractivity contribution is -0.137. The van der Waals surface area contributed by atoms with Crippen LogP contribution in [0.4, 0.5) is 28.2 Å². The molecule has 0 unspecified atom stereocenters. The molecule has 1 saturated heterocycles. The first-order chi connectivity index (χ1) is 15.6. The van der Waals surface area contributed by atoms with Crippen LogP contribution < -0.4 is 10.2 Å². The first-order valence-corrected chi connectivity index (χ1v) is 10.8. The Hall–Kier alpha value is -2.88. The summed E-state index contributed by atoms with van der Waals surface area (Å²) in [6.07, 6.45) is -2.24. The van der Waals surface area contributed by atoms with Crippen molar-refractivity contribution in [3.63, 3.8) is 0 Å². The van der Waals surface area contributed by atoms with Crippen LogP contribution in [-0.2, 0) is 12.7 Å². The molecule has 1 aromatic carbocycles. The van der Waals surface area contributed by atoms with E-state index in [1.165, 1.54) is 18.2 Å². The predicted octanol–water partition coefficient (Wildman–Crippen LogP) is 3.98. The number of hydrogen-bond donors (Lipinski definition) is 1. The molecule has 1 aromatic heterocycles. The lowest BCUT2D eigenvalue weighted by Crippen LogP contribution is -2.50. The van der Waals surface area contributed by atoms with E-state index in [2.05, 4.69) is 10.3 Å². The van der Waals surface area contributed by atoms with E-state index in [0.717, 1.165) is 17.8 Å². The third-order valence-corrected chi connectivity index (χ3v) is 5.61. The Morgan fingerprint density at radius 3 is 2.30 bits per heavy atom. The van der Waals surface area contributed by atoms with Crippen LogP contribution >= 0.6 is 0 Å². The number of anilines is 1. The molecule has 1 N–H and O–H groups in total. The van der Waals surface area contributed by atoms with Gasteiger partial charge in [0.1, 0.15) is 11.6 Å². The molecule has 1 aliphatic heterocycles. The fraction of sp³-hybridized carbons (Fsp3) is 0.478. The van der Waals surface area contributed by atoms with E-state index >= 15 is 0 Å². The fourth-order valence-corrected chi connectivity index (χ4v) is 3.64. The lowest BCUT2D eigenvalue weighted by atomic mass is 10.1.